The molecule has 88 valence electrons. The van der Waals surface area contributed by atoms with Crippen molar-refractivity contribution in [3.05, 3.63) is 47.2 Å². The van der Waals surface area contributed by atoms with Gasteiger partial charge in [-0.2, -0.15) is 0 Å². The number of fused-ring (bicyclic) bond motifs is 1. The number of hydrogen-bond donors (Lipinski definition) is 1. The molecule has 1 aliphatic rings. The highest BCUT2D eigenvalue weighted by molar-refractivity contribution is 6.23. The summed E-state index contributed by atoms with van der Waals surface area (Å²) in [5.74, 6) is -0.445. The number of ketones is 2. The number of allylic oxidation sites excluding steroid dienone is 2. The molecule has 2 rings (SSSR count). The smallest absolute Gasteiger partial charge is 0.228 e. The van der Waals surface area contributed by atoms with E-state index < -0.39 is 0 Å². The van der Waals surface area contributed by atoms with Crippen LogP contribution in [0.2, 0.25) is 0 Å². The molecular weight excluding hydrogens is 220 g/mol. The molecule has 1 aromatic rings. The molecule has 1 aliphatic carbocycles. The second-order valence-corrected chi connectivity index (χ2v) is 3.67. The maximum atomic E-state index is 11.9. The zero-order chi connectivity index (χ0) is 12.3. The van der Waals surface area contributed by atoms with E-state index in [9.17, 15) is 9.59 Å². The average molecular weight is 232 g/mol. The molecule has 0 heterocycles. The lowest BCUT2D eigenvalue weighted by Crippen LogP contribution is -2.19. The molecule has 0 unspecified atom stereocenters. The van der Waals surface area contributed by atoms with Gasteiger partial charge in [0.1, 0.15) is 0 Å². The first-order valence-electron chi connectivity index (χ1n) is 5.37. The second-order valence-electron chi connectivity index (χ2n) is 3.67. The molecule has 0 bridgehead atoms. The zero-order valence-corrected chi connectivity index (χ0v) is 9.18. The van der Waals surface area contributed by atoms with Gasteiger partial charge in [-0.25, -0.2) is 0 Å². The Kier molecular flexibility index (Phi) is 3.35. The van der Waals surface area contributed by atoms with Crippen LogP contribution in [0.25, 0.3) is 0 Å². The van der Waals surface area contributed by atoms with Gasteiger partial charge in [-0.15, -0.1) is 0 Å². The normalized spacial score (nSPS) is 14.3. The van der Waals surface area contributed by atoms with E-state index in [1.165, 1.54) is 6.08 Å². The van der Waals surface area contributed by atoms with Crippen LogP contribution in [0.3, 0.4) is 0 Å². The van der Waals surface area contributed by atoms with Gasteiger partial charge < -0.3 is 9.84 Å². The van der Waals surface area contributed by atoms with Crippen molar-refractivity contribution in [1.29, 1.82) is 0 Å². The van der Waals surface area contributed by atoms with Crippen LogP contribution in [-0.4, -0.2) is 29.9 Å². The van der Waals surface area contributed by atoms with E-state index in [4.69, 9.17) is 9.84 Å². The zero-order valence-electron chi connectivity index (χ0n) is 9.18. The maximum absolute atomic E-state index is 11.9. The SMILES string of the molecule is O=C1C=C(OCCCO)C(=O)c2ccccc21. The van der Waals surface area contributed by atoms with Gasteiger partial charge in [0.05, 0.1) is 6.61 Å². The van der Waals surface area contributed by atoms with E-state index in [0.29, 0.717) is 17.5 Å². The molecule has 0 atom stereocenters. The Labute approximate surface area is 98.5 Å². The van der Waals surface area contributed by atoms with Crippen LogP contribution in [0, 0.1) is 0 Å². The third-order valence-corrected chi connectivity index (χ3v) is 2.48. The molecule has 0 saturated carbocycles. The molecule has 0 amide bonds. The Hall–Kier alpha value is -1.94. The molecule has 4 nitrogen and oxygen atoms in total. The van der Waals surface area contributed by atoms with Crippen LogP contribution in [0.4, 0.5) is 0 Å². The number of aliphatic hydroxyl groups is 1. The minimum atomic E-state index is -0.280. The monoisotopic (exact) mass is 232 g/mol. The Bertz CT molecular complexity index is 488. The summed E-state index contributed by atoms with van der Waals surface area (Å²) in [6.45, 7) is 0.218. The summed E-state index contributed by atoms with van der Waals surface area (Å²) >= 11 is 0. The van der Waals surface area contributed by atoms with E-state index >= 15 is 0 Å². The lowest BCUT2D eigenvalue weighted by Gasteiger charge is -2.15. The van der Waals surface area contributed by atoms with Crippen molar-refractivity contribution in [1.82, 2.24) is 0 Å². The fourth-order valence-electron chi connectivity index (χ4n) is 1.64. The van der Waals surface area contributed by atoms with Crippen molar-refractivity contribution in [3.8, 4) is 0 Å². The van der Waals surface area contributed by atoms with Crippen molar-refractivity contribution in [3.63, 3.8) is 0 Å². The van der Waals surface area contributed by atoms with E-state index in [2.05, 4.69) is 0 Å². The van der Waals surface area contributed by atoms with Crippen molar-refractivity contribution < 1.29 is 19.4 Å². The first-order valence-corrected chi connectivity index (χ1v) is 5.37. The average Bonchev–Trinajstić information content (AvgIpc) is 2.36. The van der Waals surface area contributed by atoms with E-state index in [0.717, 1.165) is 0 Å². The molecule has 1 aromatic carbocycles. The first kappa shape index (κ1) is 11.5. The molecular formula is C13H12O4. The van der Waals surface area contributed by atoms with Gasteiger partial charge in [0, 0.05) is 30.2 Å². The van der Waals surface area contributed by atoms with Gasteiger partial charge >= 0.3 is 0 Å². The van der Waals surface area contributed by atoms with Crippen LogP contribution in [-0.2, 0) is 4.74 Å². The lowest BCUT2D eigenvalue weighted by molar-refractivity contribution is 0.0869. The van der Waals surface area contributed by atoms with E-state index in [1.54, 1.807) is 24.3 Å². The Morgan fingerprint density at radius 3 is 2.53 bits per heavy atom. The fourth-order valence-corrected chi connectivity index (χ4v) is 1.64. The molecule has 1 N–H and O–H groups in total. The highest BCUT2D eigenvalue weighted by Crippen LogP contribution is 2.21. The molecule has 17 heavy (non-hydrogen) atoms. The van der Waals surface area contributed by atoms with Crippen LogP contribution in [0.1, 0.15) is 27.1 Å². The molecule has 0 fully saturated rings. The number of benzene rings is 1. The number of aliphatic hydroxyl groups excluding tert-OH is 1. The predicted octanol–water partition coefficient (Wildman–Crippen LogP) is 1.35. The molecule has 0 aliphatic heterocycles. The summed E-state index contributed by atoms with van der Waals surface area (Å²) in [7, 11) is 0. The quantitative estimate of drug-likeness (QED) is 0.796. The minimum absolute atomic E-state index is 0.00793. The van der Waals surface area contributed by atoms with Gasteiger partial charge in [0.15, 0.2) is 11.5 Å². The topological polar surface area (TPSA) is 63.6 Å². The number of carbonyl (C=O) groups excluding carboxylic acids is 2. The van der Waals surface area contributed by atoms with Gasteiger partial charge in [0.25, 0.3) is 0 Å². The summed E-state index contributed by atoms with van der Waals surface area (Å²) in [6, 6.07) is 6.66. The lowest BCUT2D eigenvalue weighted by atomic mass is 9.94. The summed E-state index contributed by atoms with van der Waals surface area (Å²) in [6.07, 6.45) is 1.64. The molecule has 0 aromatic heterocycles. The molecule has 0 spiro atoms. The van der Waals surface area contributed by atoms with Crippen LogP contribution in [0.15, 0.2) is 36.1 Å². The molecule has 0 radical (unpaired) electrons. The van der Waals surface area contributed by atoms with Crippen molar-refractivity contribution >= 4 is 11.6 Å². The Morgan fingerprint density at radius 1 is 1.12 bits per heavy atom. The van der Waals surface area contributed by atoms with Crippen molar-refractivity contribution in [2.45, 2.75) is 6.42 Å². The summed E-state index contributed by atoms with van der Waals surface area (Å²) in [4.78, 5) is 23.7. The van der Waals surface area contributed by atoms with E-state index in [1.807, 2.05) is 0 Å². The number of rotatable bonds is 4. The van der Waals surface area contributed by atoms with Crippen LogP contribution >= 0.6 is 0 Å². The number of hydrogen-bond acceptors (Lipinski definition) is 4. The minimum Gasteiger partial charge on any atom is -0.489 e. The first-order chi connectivity index (χ1) is 8.24. The number of ether oxygens (including phenoxy) is 1. The number of Topliss-reactive ketones (excluding diaryl/α,β-unsaturated/α-hetero) is 1. The largest absolute Gasteiger partial charge is 0.489 e. The standard InChI is InChI=1S/C13H12O4/c14-6-3-7-17-12-8-11(15)9-4-1-2-5-10(9)13(12)16/h1-2,4-5,8,14H,3,6-7H2. The summed E-state index contributed by atoms with van der Waals surface area (Å²) in [5, 5.41) is 8.62. The summed E-state index contributed by atoms with van der Waals surface area (Å²) < 4.78 is 5.19. The second kappa shape index (κ2) is 4.93. The van der Waals surface area contributed by atoms with Crippen LogP contribution in [0.5, 0.6) is 0 Å². The Balaban J connectivity index is 2.23. The third kappa shape index (κ3) is 2.26. The Morgan fingerprint density at radius 2 is 1.82 bits per heavy atom. The van der Waals surface area contributed by atoms with Crippen LogP contribution < -0.4 is 0 Å². The molecule has 0 saturated heterocycles. The van der Waals surface area contributed by atoms with Gasteiger partial charge in [0.2, 0.25) is 5.78 Å². The summed E-state index contributed by atoms with van der Waals surface area (Å²) in [5.41, 5.74) is 0.783. The highest BCUT2D eigenvalue weighted by atomic mass is 16.5. The number of carbonyl (C=O) groups is 2. The highest BCUT2D eigenvalue weighted by Gasteiger charge is 2.25. The van der Waals surface area contributed by atoms with Gasteiger partial charge in [-0.05, 0) is 0 Å². The third-order valence-electron chi connectivity index (χ3n) is 2.48. The molecule has 4 heteroatoms. The predicted molar refractivity (Wildman–Crippen MR) is 60.8 cm³/mol. The van der Waals surface area contributed by atoms with Crippen molar-refractivity contribution in [2.24, 2.45) is 0 Å². The van der Waals surface area contributed by atoms with Gasteiger partial charge in [-0.3, -0.25) is 9.59 Å². The maximum Gasteiger partial charge on any atom is 0.228 e. The fraction of sp³-hybridized carbons (Fsp3) is 0.231. The van der Waals surface area contributed by atoms with Gasteiger partial charge in [-0.1, -0.05) is 24.3 Å². The van der Waals surface area contributed by atoms with Crippen molar-refractivity contribution in [2.75, 3.05) is 13.2 Å². The van der Waals surface area contributed by atoms with E-state index in [-0.39, 0.29) is 30.5 Å².